The second kappa shape index (κ2) is 5.95. The minimum Gasteiger partial charge on any atom is -0.478 e. The van der Waals surface area contributed by atoms with E-state index in [-0.39, 0.29) is 17.5 Å². The fraction of sp³-hybridized carbons (Fsp3) is 0.400. The molecule has 6 nitrogen and oxygen atoms in total. The molecule has 0 aliphatic rings. The molecule has 0 saturated carbocycles. The first kappa shape index (κ1) is 16.7. The summed E-state index contributed by atoms with van der Waals surface area (Å²) in [6.07, 6.45) is -0.0357. The third-order valence-electron chi connectivity index (χ3n) is 3.13. The van der Waals surface area contributed by atoms with Crippen molar-refractivity contribution in [1.82, 2.24) is 5.32 Å². The zero-order chi connectivity index (χ0) is 16.4. The predicted molar refractivity (Wildman–Crippen MR) is 78.2 cm³/mol. The van der Waals surface area contributed by atoms with E-state index < -0.39 is 23.3 Å². The summed E-state index contributed by atoms with van der Waals surface area (Å²) >= 11 is 0. The van der Waals surface area contributed by atoms with Gasteiger partial charge in [0.1, 0.15) is 0 Å². The summed E-state index contributed by atoms with van der Waals surface area (Å²) < 4.78 is 0. The number of carboxylic acids is 1. The number of primary amides is 1. The topological polar surface area (TPSA) is 109 Å². The van der Waals surface area contributed by atoms with E-state index in [9.17, 15) is 19.5 Å². The number of rotatable bonds is 5. The van der Waals surface area contributed by atoms with Crippen molar-refractivity contribution in [3.63, 3.8) is 0 Å². The van der Waals surface area contributed by atoms with E-state index in [1.165, 1.54) is 0 Å². The summed E-state index contributed by atoms with van der Waals surface area (Å²) in [6.45, 7) is 6.61. The van der Waals surface area contributed by atoms with Crippen LogP contribution in [-0.4, -0.2) is 28.4 Å². The Kier molecular flexibility index (Phi) is 4.73. The number of hydrogen-bond donors (Lipinski definition) is 3. The van der Waals surface area contributed by atoms with E-state index in [2.05, 4.69) is 5.32 Å². The van der Waals surface area contributed by atoms with Crippen molar-refractivity contribution < 1.29 is 19.5 Å². The second-order valence-corrected chi connectivity index (χ2v) is 5.74. The molecule has 6 heteroatoms. The number of carbonyl (C=O) groups is 3. The molecule has 0 aliphatic carbocycles. The molecule has 0 saturated heterocycles. The molecule has 0 spiro atoms. The Hall–Kier alpha value is -2.37. The lowest BCUT2D eigenvalue weighted by molar-refractivity contribution is -0.119. The van der Waals surface area contributed by atoms with E-state index in [4.69, 9.17) is 5.73 Å². The lowest BCUT2D eigenvalue weighted by atomic mass is 9.94. The van der Waals surface area contributed by atoms with Crippen LogP contribution in [0.1, 0.15) is 52.1 Å². The van der Waals surface area contributed by atoms with Crippen LogP contribution in [0.4, 0.5) is 0 Å². The van der Waals surface area contributed by atoms with Crippen molar-refractivity contribution in [2.45, 2.75) is 39.7 Å². The number of carbonyl (C=O) groups excluding carboxylic acids is 2. The molecule has 1 aromatic carbocycles. The maximum absolute atomic E-state index is 12.4. The molecular formula is C15H20N2O4. The molecule has 0 fully saturated rings. The number of carboxylic acid groups (broad SMARTS) is 1. The van der Waals surface area contributed by atoms with Gasteiger partial charge in [0, 0.05) is 12.0 Å². The molecule has 0 heterocycles. The van der Waals surface area contributed by atoms with E-state index in [0.717, 1.165) is 0 Å². The average Bonchev–Trinajstić information content (AvgIpc) is 2.28. The molecule has 0 radical (unpaired) electrons. The van der Waals surface area contributed by atoms with Gasteiger partial charge in [0.05, 0.1) is 11.1 Å². The fourth-order valence-corrected chi connectivity index (χ4v) is 2.23. The van der Waals surface area contributed by atoms with Gasteiger partial charge in [-0.2, -0.15) is 0 Å². The van der Waals surface area contributed by atoms with Crippen LogP contribution in [0.25, 0.3) is 0 Å². The minimum atomic E-state index is -1.16. The summed E-state index contributed by atoms with van der Waals surface area (Å²) in [5, 5.41) is 12.0. The Labute approximate surface area is 123 Å². The summed E-state index contributed by atoms with van der Waals surface area (Å²) in [5.41, 5.74) is 5.44. The number of nitrogens with two attached hydrogens (primary N) is 1. The minimum absolute atomic E-state index is 0.0256. The van der Waals surface area contributed by atoms with Crippen LogP contribution >= 0.6 is 0 Å². The van der Waals surface area contributed by atoms with Crippen LogP contribution in [0.2, 0.25) is 0 Å². The molecule has 2 amide bonds. The molecule has 1 aromatic rings. The van der Waals surface area contributed by atoms with Gasteiger partial charge in [-0.25, -0.2) is 4.79 Å². The van der Waals surface area contributed by atoms with Gasteiger partial charge < -0.3 is 16.2 Å². The number of hydrogen-bond acceptors (Lipinski definition) is 3. The van der Waals surface area contributed by atoms with E-state index in [0.29, 0.717) is 11.1 Å². The Bertz CT molecular complexity index is 606. The standard InChI is InChI=1S/C15H20N2O4/c1-8-5-6-9(2)12(14(20)21)11(8)13(19)17-15(3,4)7-10(16)18/h5-6H,7H2,1-4H3,(H2,16,18)(H,17,19)(H,20,21). The Morgan fingerprint density at radius 3 is 2.05 bits per heavy atom. The molecule has 4 N–H and O–H groups in total. The van der Waals surface area contributed by atoms with Crippen LogP contribution in [0.5, 0.6) is 0 Å². The average molecular weight is 292 g/mol. The van der Waals surface area contributed by atoms with Gasteiger partial charge in [0.2, 0.25) is 5.91 Å². The largest absolute Gasteiger partial charge is 0.478 e. The van der Waals surface area contributed by atoms with Crippen LogP contribution in [-0.2, 0) is 4.79 Å². The highest BCUT2D eigenvalue weighted by atomic mass is 16.4. The van der Waals surface area contributed by atoms with Crippen LogP contribution < -0.4 is 11.1 Å². The quantitative estimate of drug-likeness (QED) is 0.761. The van der Waals surface area contributed by atoms with Crippen LogP contribution in [0.3, 0.4) is 0 Å². The highest BCUT2D eigenvalue weighted by Gasteiger charge is 2.27. The number of amides is 2. The van der Waals surface area contributed by atoms with Gasteiger partial charge in [0.15, 0.2) is 0 Å². The number of benzene rings is 1. The first-order valence-corrected chi connectivity index (χ1v) is 6.49. The zero-order valence-corrected chi connectivity index (χ0v) is 12.6. The van der Waals surface area contributed by atoms with Crippen LogP contribution in [0.15, 0.2) is 12.1 Å². The highest BCUT2D eigenvalue weighted by Crippen LogP contribution is 2.20. The van der Waals surface area contributed by atoms with Gasteiger partial charge in [-0.3, -0.25) is 9.59 Å². The monoisotopic (exact) mass is 292 g/mol. The summed E-state index contributed by atoms with van der Waals surface area (Å²) in [5.74, 6) is -2.23. The molecule has 21 heavy (non-hydrogen) atoms. The number of aryl methyl sites for hydroxylation is 2. The van der Waals surface area contributed by atoms with E-state index in [1.54, 1.807) is 39.8 Å². The smallest absolute Gasteiger partial charge is 0.336 e. The van der Waals surface area contributed by atoms with Crippen molar-refractivity contribution in [3.8, 4) is 0 Å². The fourth-order valence-electron chi connectivity index (χ4n) is 2.23. The Morgan fingerprint density at radius 1 is 1.14 bits per heavy atom. The molecule has 0 unspecified atom stereocenters. The third-order valence-corrected chi connectivity index (χ3v) is 3.13. The van der Waals surface area contributed by atoms with E-state index >= 15 is 0 Å². The lowest BCUT2D eigenvalue weighted by Gasteiger charge is -2.25. The molecule has 0 atom stereocenters. The molecular weight excluding hydrogens is 272 g/mol. The SMILES string of the molecule is Cc1ccc(C)c(C(=O)NC(C)(C)CC(N)=O)c1C(=O)O. The van der Waals surface area contributed by atoms with Crippen molar-refractivity contribution in [2.75, 3.05) is 0 Å². The highest BCUT2D eigenvalue weighted by molar-refractivity contribution is 6.07. The number of nitrogens with one attached hydrogen (secondary N) is 1. The predicted octanol–water partition coefficient (Wildman–Crippen LogP) is 1.39. The molecule has 1 rings (SSSR count). The summed E-state index contributed by atoms with van der Waals surface area (Å²) in [7, 11) is 0. The maximum atomic E-state index is 12.4. The maximum Gasteiger partial charge on any atom is 0.336 e. The van der Waals surface area contributed by atoms with Crippen molar-refractivity contribution >= 4 is 17.8 Å². The van der Waals surface area contributed by atoms with Gasteiger partial charge in [-0.1, -0.05) is 12.1 Å². The van der Waals surface area contributed by atoms with Gasteiger partial charge in [0.25, 0.3) is 5.91 Å². The molecule has 114 valence electrons. The van der Waals surface area contributed by atoms with Crippen LogP contribution in [0, 0.1) is 13.8 Å². The first-order chi connectivity index (χ1) is 9.55. The van der Waals surface area contributed by atoms with Gasteiger partial charge in [-0.05, 0) is 38.8 Å². The molecule has 0 bridgehead atoms. The molecule has 0 aliphatic heterocycles. The van der Waals surface area contributed by atoms with Crippen molar-refractivity contribution in [3.05, 3.63) is 34.4 Å². The summed E-state index contributed by atoms with van der Waals surface area (Å²) in [4.78, 5) is 34.8. The molecule has 0 aromatic heterocycles. The summed E-state index contributed by atoms with van der Waals surface area (Å²) in [6, 6.07) is 3.35. The van der Waals surface area contributed by atoms with E-state index in [1.807, 2.05) is 0 Å². The zero-order valence-electron chi connectivity index (χ0n) is 12.6. The normalized spacial score (nSPS) is 11.0. The Morgan fingerprint density at radius 2 is 1.62 bits per heavy atom. The number of aromatic carboxylic acids is 1. The van der Waals surface area contributed by atoms with Crippen molar-refractivity contribution in [2.24, 2.45) is 5.73 Å². The van der Waals surface area contributed by atoms with Gasteiger partial charge in [-0.15, -0.1) is 0 Å². The second-order valence-electron chi connectivity index (χ2n) is 5.74. The van der Waals surface area contributed by atoms with Gasteiger partial charge >= 0.3 is 5.97 Å². The third kappa shape index (κ3) is 4.05. The first-order valence-electron chi connectivity index (χ1n) is 6.49. The van der Waals surface area contributed by atoms with Crippen molar-refractivity contribution in [1.29, 1.82) is 0 Å². The Balaban J connectivity index is 3.22. The lowest BCUT2D eigenvalue weighted by Crippen LogP contribution is -2.46.